The second-order valence-electron chi connectivity index (χ2n) is 9.02. The van der Waals surface area contributed by atoms with Crippen LogP contribution in [0.25, 0.3) is 0 Å². The van der Waals surface area contributed by atoms with Crippen LogP contribution in [0, 0.1) is 5.92 Å². The quantitative estimate of drug-likeness (QED) is 0.685. The number of methoxy groups -OCH3 is 2. The molecular formula is C24H37N3O4. The summed E-state index contributed by atoms with van der Waals surface area (Å²) in [6.45, 7) is 8.21. The number of piperidine rings is 1. The lowest BCUT2D eigenvalue weighted by molar-refractivity contribution is -0.137. The zero-order valence-electron chi connectivity index (χ0n) is 19.6. The molecular weight excluding hydrogens is 394 g/mol. The van der Waals surface area contributed by atoms with Gasteiger partial charge in [-0.15, -0.1) is 0 Å². The van der Waals surface area contributed by atoms with E-state index in [0.29, 0.717) is 43.5 Å². The fraction of sp³-hybridized carbons (Fsp3) is 0.667. The van der Waals surface area contributed by atoms with E-state index in [2.05, 4.69) is 19.2 Å². The summed E-state index contributed by atoms with van der Waals surface area (Å²) in [5, 5.41) is 3.69. The molecule has 1 aromatic carbocycles. The highest BCUT2D eigenvalue weighted by Crippen LogP contribution is 2.35. The Morgan fingerprint density at radius 3 is 2.45 bits per heavy atom. The Morgan fingerprint density at radius 1 is 1.19 bits per heavy atom. The van der Waals surface area contributed by atoms with Crippen molar-refractivity contribution >= 4 is 11.8 Å². The minimum Gasteiger partial charge on any atom is -0.493 e. The topological polar surface area (TPSA) is 71.1 Å². The molecule has 2 aliphatic rings. The highest BCUT2D eigenvalue weighted by Gasteiger charge is 2.51. The van der Waals surface area contributed by atoms with Crippen LogP contribution in [0.2, 0.25) is 0 Å². The number of benzene rings is 1. The van der Waals surface area contributed by atoms with Crippen LogP contribution in [0.3, 0.4) is 0 Å². The molecule has 7 heteroatoms. The maximum atomic E-state index is 13.4. The van der Waals surface area contributed by atoms with Gasteiger partial charge in [-0.25, -0.2) is 0 Å². The molecule has 1 atom stereocenters. The second-order valence-corrected chi connectivity index (χ2v) is 9.02. The number of hydrogen-bond donors (Lipinski definition) is 1. The van der Waals surface area contributed by atoms with E-state index in [4.69, 9.17) is 9.47 Å². The lowest BCUT2D eigenvalue weighted by Gasteiger charge is -2.44. The molecule has 2 heterocycles. The highest BCUT2D eigenvalue weighted by atomic mass is 16.5. The summed E-state index contributed by atoms with van der Waals surface area (Å²) in [7, 11) is 3.26. The molecule has 0 aliphatic carbocycles. The fourth-order valence-electron chi connectivity index (χ4n) is 4.86. The van der Waals surface area contributed by atoms with Gasteiger partial charge in [0.15, 0.2) is 11.5 Å². The van der Waals surface area contributed by atoms with Crippen molar-refractivity contribution in [3.05, 3.63) is 23.8 Å². The van der Waals surface area contributed by atoms with Crippen molar-refractivity contribution in [2.45, 2.75) is 64.6 Å². The van der Waals surface area contributed by atoms with Crippen LogP contribution in [0.1, 0.15) is 52.0 Å². The molecule has 2 fully saturated rings. The summed E-state index contributed by atoms with van der Waals surface area (Å²) in [6.07, 6.45) is 3.63. The molecule has 2 aliphatic heterocycles. The Kier molecular flexibility index (Phi) is 7.46. The molecule has 7 nitrogen and oxygen atoms in total. The number of hydrogen-bond acceptors (Lipinski definition) is 5. The number of nitrogens with zero attached hydrogens (tertiary/aromatic N) is 2. The minimum absolute atomic E-state index is 0.154. The normalized spacial score (nSPS) is 20.6. The third-order valence-corrected chi connectivity index (χ3v) is 6.55. The van der Waals surface area contributed by atoms with E-state index >= 15 is 0 Å². The number of carbonyl (C=O) groups is 2. The molecule has 1 spiro atoms. The van der Waals surface area contributed by atoms with Crippen molar-refractivity contribution < 1.29 is 19.1 Å². The van der Waals surface area contributed by atoms with E-state index in [1.54, 1.807) is 14.2 Å². The summed E-state index contributed by atoms with van der Waals surface area (Å²) in [4.78, 5) is 29.5. The first-order chi connectivity index (χ1) is 14.8. The third kappa shape index (κ3) is 4.97. The van der Waals surface area contributed by atoms with Gasteiger partial charge >= 0.3 is 0 Å². The van der Waals surface area contributed by atoms with Crippen molar-refractivity contribution in [2.75, 3.05) is 33.9 Å². The molecule has 1 N–H and O–H groups in total. The van der Waals surface area contributed by atoms with Gasteiger partial charge in [0.1, 0.15) is 0 Å². The van der Waals surface area contributed by atoms with Crippen molar-refractivity contribution in [3.8, 4) is 11.5 Å². The van der Waals surface area contributed by atoms with Crippen LogP contribution < -0.4 is 14.8 Å². The van der Waals surface area contributed by atoms with Gasteiger partial charge in [-0.3, -0.25) is 14.9 Å². The van der Waals surface area contributed by atoms with Gasteiger partial charge in [-0.2, -0.15) is 0 Å². The first-order valence-electron chi connectivity index (χ1n) is 11.4. The lowest BCUT2D eigenvalue weighted by atomic mass is 9.95. The zero-order valence-corrected chi connectivity index (χ0v) is 19.6. The van der Waals surface area contributed by atoms with Gasteiger partial charge in [-0.1, -0.05) is 26.8 Å². The van der Waals surface area contributed by atoms with E-state index in [1.165, 1.54) is 0 Å². The van der Waals surface area contributed by atoms with Gasteiger partial charge < -0.3 is 19.3 Å². The fourth-order valence-corrected chi connectivity index (χ4v) is 4.86. The number of likely N-dealkylation sites (tertiary alicyclic amines) is 1. The third-order valence-electron chi connectivity index (χ3n) is 6.55. The molecule has 1 unspecified atom stereocenters. The van der Waals surface area contributed by atoms with Crippen LogP contribution >= 0.6 is 0 Å². The number of nitrogens with one attached hydrogen (secondary N) is 1. The van der Waals surface area contributed by atoms with E-state index in [-0.39, 0.29) is 23.5 Å². The molecule has 0 aromatic heterocycles. The minimum atomic E-state index is -0.363. The molecule has 172 valence electrons. The first-order valence-corrected chi connectivity index (χ1v) is 11.4. The SMILES string of the molecule is CCC(=O)N1CCC2(CC1)NC(CC(C)C)C(=O)N2CCc1ccc(OC)c(OC)c1. The van der Waals surface area contributed by atoms with Crippen molar-refractivity contribution in [3.63, 3.8) is 0 Å². The molecule has 0 radical (unpaired) electrons. The summed E-state index contributed by atoms with van der Waals surface area (Å²) in [5.74, 6) is 2.21. The van der Waals surface area contributed by atoms with Crippen molar-refractivity contribution in [1.82, 2.24) is 15.1 Å². The van der Waals surface area contributed by atoms with E-state index in [9.17, 15) is 9.59 Å². The molecule has 31 heavy (non-hydrogen) atoms. The van der Waals surface area contributed by atoms with Gasteiger partial charge in [0.25, 0.3) is 0 Å². The van der Waals surface area contributed by atoms with Crippen LogP contribution in [-0.2, 0) is 16.0 Å². The zero-order chi connectivity index (χ0) is 22.6. The molecule has 3 rings (SSSR count). The van der Waals surface area contributed by atoms with E-state index < -0.39 is 0 Å². The summed E-state index contributed by atoms with van der Waals surface area (Å²) >= 11 is 0. The highest BCUT2D eigenvalue weighted by molar-refractivity contribution is 5.85. The van der Waals surface area contributed by atoms with Crippen LogP contribution in [0.15, 0.2) is 18.2 Å². The van der Waals surface area contributed by atoms with Gasteiger partial charge in [-0.05, 0) is 36.5 Å². The second kappa shape index (κ2) is 9.90. The summed E-state index contributed by atoms with van der Waals surface area (Å²) < 4.78 is 10.8. The Balaban J connectivity index is 1.76. The molecule has 0 bridgehead atoms. The molecule has 0 saturated carbocycles. The van der Waals surface area contributed by atoms with E-state index in [1.807, 2.05) is 34.9 Å². The Morgan fingerprint density at radius 2 is 1.87 bits per heavy atom. The standard InChI is InChI=1S/C24H37N3O4/c1-6-22(28)26-13-10-24(11-14-26)25-19(15-17(2)3)23(29)27(24)12-9-18-7-8-20(30-4)21(16-18)31-5/h7-8,16-17,19,25H,6,9-15H2,1-5H3. The molecule has 2 amide bonds. The van der Waals surface area contributed by atoms with Gasteiger partial charge in [0.05, 0.1) is 25.9 Å². The van der Waals surface area contributed by atoms with Crippen molar-refractivity contribution in [1.29, 1.82) is 0 Å². The van der Waals surface area contributed by atoms with Crippen molar-refractivity contribution in [2.24, 2.45) is 5.92 Å². The largest absolute Gasteiger partial charge is 0.493 e. The number of rotatable bonds is 8. The van der Waals surface area contributed by atoms with Gasteiger partial charge in [0.2, 0.25) is 11.8 Å². The first kappa shape index (κ1) is 23.4. The summed E-state index contributed by atoms with van der Waals surface area (Å²) in [6, 6.07) is 5.76. The van der Waals surface area contributed by atoms with Gasteiger partial charge in [0, 0.05) is 38.9 Å². The number of amides is 2. The maximum Gasteiger partial charge on any atom is 0.241 e. The Hall–Kier alpha value is -2.28. The van der Waals surface area contributed by atoms with Crippen LogP contribution in [0.5, 0.6) is 11.5 Å². The Bertz CT molecular complexity index is 787. The number of ether oxygens (including phenoxy) is 2. The average molecular weight is 432 g/mol. The summed E-state index contributed by atoms with van der Waals surface area (Å²) in [5.41, 5.74) is 0.740. The van der Waals surface area contributed by atoms with Crippen LogP contribution in [-0.4, -0.2) is 67.2 Å². The molecule has 2 saturated heterocycles. The van der Waals surface area contributed by atoms with Crippen LogP contribution in [0.4, 0.5) is 0 Å². The Labute approximate surface area is 186 Å². The lowest BCUT2D eigenvalue weighted by Crippen LogP contribution is -2.59. The smallest absolute Gasteiger partial charge is 0.241 e. The van der Waals surface area contributed by atoms with E-state index in [0.717, 1.165) is 31.2 Å². The maximum absolute atomic E-state index is 13.4. The number of carbonyl (C=O) groups excluding carboxylic acids is 2. The molecule has 1 aromatic rings. The average Bonchev–Trinajstić information content (AvgIpc) is 3.01. The monoisotopic (exact) mass is 431 g/mol. The predicted molar refractivity (Wildman–Crippen MR) is 120 cm³/mol. The predicted octanol–water partition coefficient (Wildman–Crippen LogP) is 2.82.